The number of nitrogens with zero attached hydrogens (tertiary/aromatic N) is 1. The maximum atomic E-state index is 10.8. The van der Waals surface area contributed by atoms with Crippen LogP contribution in [0.2, 0.25) is 0 Å². The standard InChI is InChI=1S/C6H13NO4.HOP/c1-2-5(9)7(3-4-8)6(10)11;1-2/h6,8,10-11H,2-4H2,1H3;2H. The first kappa shape index (κ1) is 14.9. The van der Waals surface area contributed by atoms with Crippen LogP contribution in [0.3, 0.4) is 0 Å². The second-order valence-electron chi connectivity index (χ2n) is 2.01. The van der Waals surface area contributed by atoms with Gasteiger partial charge >= 0.3 is 0 Å². The maximum absolute atomic E-state index is 10.8. The molecule has 0 aliphatic carbocycles. The molecule has 78 valence electrons. The lowest BCUT2D eigenvalue weighted by molar-refractivity contribution is -0.177. The number of rotatable bonds is 4. The van der Waals surface area contributed by atoms with Crippen LogP contribution < -0.4 is 0 Å². The number of amides is 1. The van der Waals surface area contributed by atoms with Gasteiger partial charge in [-0.3, -0.25) is 14.3 Å². The van der Waals surface area contributed by atoms with Crippen LogP contribution in [0.15, 0.2) is 0 Å². The molecule has 7 heteroatoms. The first-order valence-corrected chi connectivity index (χ1v) is 4.01. The van der Waals surface area contributed by atoms with E-state index in [4.69, 9.17) is 19.9 Å². The summed E-state index contributed by atoms with van der Waals surface area (Å²) in [6.45, 7) is 1.28. The van der Waals surface area contributed by atoms with Gasteiger partial charge in [0.15, 0.2) is 0 Å². The van der Waals surface area contributed by atoms with Gasteiger partial charge in [0.2, 0.25) is 12.3 Å². The van der Waals surface area contributed by atoms with E-state index in [0.717, 1.165) is 4.90 Å². The van der Waals surface area contributed by atoms with Gasteiger partial charge in [0, 0.05) is 13.0 Å². The molecule has 0 aromatic carbocycles. The molecule has 0 unspecified atom stereocenters. The van der Waals surface area contributed by atoms with Crippen molar-refractivity contribution in [2.45, 2.75) is 19.8 Å². The van der Waals surface area contributed by atoms with Crippen molar-refractivity contribution in [2.75, 3.05) is 13.2 Å². The van der Waals surface area contributed by atoms with E-state index in [-0.39, 0.29) is 19.6 Å². The number of aliphatic hydroxyl groups excluding tert-OH is 2. The summed E-state index contributed by atoms with van der Waals surface area (Å²) < 4.78 is 8.06. The van der Waals surface area contributed by atoms with Gasteiger partial charge < -0.3 is 15.3 Å². The van der Waals surface area contributed by atoms with Gasteiger partial charge in [-0.2, -0.15) is 0 Å². The quantitative estimate of drug-likeness (QED) is 0.407. The Balaban J connectivity index is 0. The van der Waals surface area contributed by atoms with E-state index in [1.165, 1.54) is 0 Å². The fourth-order valence-corrected chi connectivity index (χ4v) is 0.680. The van der Waals surface area contributed by atoms with Crippen LogP contribution >= 0.6 is 9.12 Å². The molecule has 0 fully saturated rings. The maximum Gasteiger partial charge on any atom is 0.237 e. The lowest BCUT2D eigenvalue weighted by atomic mass is 10.4. The molecule has 1 amide bonds. The van der Waals surface area contributed by atoms with Gasteiger partial charge in [-0.1, -0.05) is 6.92 Å². The minimum absolute atomic E-state index is 0.0513. The van der Waals surface area contributed by atoms with Crippen LogP contribution in [0.1, 0.15) is 13.3 Å². The van der Waals surface area contributed by atoms with Crippen LogP contribution in [0, 0.1) is 0 Å². The highest BCUT2D eigenvalue weighted by atomic mass is 31.0. The molecule has 13 heavy (non-hydrogen) atoms. The Hall–Kier alpha value is -0.550. The molecule has 0 saturated carbocycles. The van der Waals surface area contributed by atoms with E-state index < -0.39 is 12.3 Å². The summed E-state index contributed by atoms with van der Waals surface area (Å²) in [5.74, 6) is -0.394. The predicted octanol–water partition coefficient (Wildman–Crippen LogP) is -1.04. The molecular weight excluding hydrogens is 197 g/mol. The zero-order chi connectivity index (χ0) is 10.9. The van der Waals surface area contributed by atoms with Gasteiger partial charge in [-0.15, -0.1) is 0 Å². The van der Waals surface area contributed by atoms with Gasteiger partial charge in [0.1, 0.15) is 9.12 Å². The highest BCUT2D eigenvalue weighted by Gasteiger charge is 2.16. The van der Waals surface area contributed by atoms with E-state index >= 15 is 0 Å². The largest absolute Gasteiger partial charge is 0.395 e. The molecular formula is C6H14NO5P. The molecule has 0 rings (SSSR count). The zero-order valence-corrected chi connectivity index (χ0v) is 8.30. The molecule has 0 spiro atoms. The Morgan fingerprint density at radius 3 is 2.15 bits per heavy atom. The van der Waals surface area contributed by atoms with Crippen molar-refractivity contribution in [1.29, 1.82) is 0 Å². The molecule has 0 bridgehead atoms. The first-order chi connectivity index (χ1) is 6.13. The molecule has 3 N–H and O–H groups in total. The summed E-state index contributed by atoms with van der Waals surface area (Å²) in [6.07, 6.45) is -1.62. The molecule has 0 heterocycles. The fourth-order valence-electron chi connectivity index (χ4n) is 0.680. The highest BCUT2D eigenvalue weighted by molar-refractivity contribution is 7.00. The third kappa shape index (κ3) is 6.60. The molecule has 0 atom stereocenters. The average Bonchev–Trinajstić information content (AvgIpc) is 2.15. The van der Waals surface area contributed by atoms with Crippen molar-refractivity contribution in [1.82, 2.24) is 4.90 Å². The van der Waals surface area contributed by atoms with Crippen LogP contribution in [-0.2, 0) is 9.36 Å². The van der Waals surface area contributed by atoms with E-state index in [2.05, 4.69) is 0 Å². The van der Waals surface area contributed by atoms with Crippen molar-refractivity contribution < 1.29 is 24.7 Å². The lowest BCUT2D eigenvalue weighted by Crippen LogP contribution is -2.41. The van der Waals surface area contributed by atoms with E-state index in [1.807, 2.05) is 0 Å². The van der Waals surface area contributed by atoms with Crippen LogP contribution in [0.4, 0.5) is 0 Å². The summed E-state index contributed by atoms with van der Waals surface area (Å²) in [7, 11) is 1.72. The Morgan fingerprint density at radius 1 is 1.46 bits per heavy atom. The summed E-state index contributed by atoms with van der Waals surface area (Å²) in [5, 5.41) is 25.6. The van der Waals surface area contributed by atoms with Crippen molar-refractivity contribution in [3.63, 3.8) is 0 Å². The number of hydrogen-bond acceptors (Lipinski definition) is 5. The van der Waals surface area contributed by atoms with Crippen molar-refractivity contribution in [2.24, 2.45) is 0 Å². The van der Waals surface area contributed by atoms with E-state index in [1.54, 1.807) is 16.0 Å². The molecule has 0 radical (unpaired) electrons. The third-order valence-corrected chi connectivity index (χ3v) is 1.24. The summed E-state index contributed by atoms with van der Waals surface area (Å²) >= 11 is 0. The Bertz CT molecular complexity index is 143. The Morgan fingerprint density at radius 2 is 1.92 bits per heavy atom. The van der Waals surface area contributed by atoms with Crippen molar-refractivity contribution in [3.8, 4) is 0 Å². The lowest BCUT2D eigenvalue weighted by Gasteiger charge is -2.22. The minimum Gasteiger partial charge on any atom is -0.395 e. The Kier molecular flexibility index (Phi) is 11.0. The summed E-state index contributed by atoms with van der Waals surface area (Å²) in [6, 6.07) is 0. The van der Waals surface area contributed by atoms with Gasteiger partial charge in [0.25, 0.3) is 0 Å². The van der Waals surface area contributed by atoms with Crippen LogP contribution in [0.25, 0.3) is 0 Å². The monoisotopic (exact) mass is 211 g/mol. The predicted molar refractivity (Wildman–Crippen MR) is 46.3 cm³/mol. The molecule has 0 aliphatic rings. The Labute approximate surface area is 78.4 Å². The molecule has 0 aromatic heterocycles. The third-order valence-electron chi connectivity index (χ3n) is 1.24. The smallest absolute Gasteiger partial charge is 0.237 e. The van der Waals surface area contributed by atoms with Crippen molar-refractivity contribution in [3.05, 3.63) is 0 Å². The topological polar surface area (TPSA) is 98.1 Å². The van der Waals surface area contributed by atoms with Crippen LogP contribution in [0.5, 0.6) is 0 Å². The van der Waals surface area contributed by atoms with Gasteiger partial charge in [-0.05, 0) is 0 Å². The number of carbonyl (C=O) groups is 1. The highest BCUT2D eigenvalue weighted by Crippen LogP contribution is 1.96. The molecule has 0 saturated heterocycles. The molecule has 0 aromatic rings. The minimum atomic E-state index is -1.81. The van der Waals surface area contributed by atoms with Crippen molar-refractivity contribution >= 4 is 15.0 Å². The van der Waals surface area contributed by atoms with E-state index in [0.29, 0.717) is 0 Å². The first-order valence-electron chi connectivity index (χ1n) is 3.60. The molecule has 6 nitrogen and oxygen atoms in total. The SMILES string of the molecule is CCC(=O)N(CCO)C(O)O.O=P. The summed E-state index contributed by atoms with van der Waals surface area (Å²) in [4.78, 5) is 11.6. The number of carbonyl (C=O) groups excluding carboxylic acids is 1. The summed E-state index contributed by atoms with van der Waals surface area (Å²) in [5.41, 5.74) is 0. The average molecular weight is 211 g/mol. The fraction of sp³-hybridized carbons (Fsp3) is 0.833. The second kappa shape index (κ2) is 9.54. The van der Waals surface area contributed by atoms with E-state index in [9.17, 15) is 4.79 Å². The normalized spacial score (nSPS) is 9.00. The molecule has 0 aliphatic heterocycles. The van der Waals surface area contributed by atoms with Crippen LogP contribution in [-0.4, -0.2) is 45.7 Å². The number of aliphatic hydroxyl groups is 3. The second-order valence-corrected chi connectivity index (χ2v) is 2.01. The zero-order valence-electron chi connectivity index (χ0n) is 7.30. The van der Waals surface area contributed by atoms with Gasteiger partial charge in [-0.25, -0.2) is 0 Å². The number of hydrogen-bond donors (Lipinski definition) is 3. The van der Waals surface area contributed by atoms with Gasteiger partial charge in [0.05, 0.1) is 6.61 Å².